The number of hydrogen-bond donors (Lipinski definition) is 1. The maximum absolute atomic E-state index is 12.7. The van der Waals surface area contributed by atoms with Crippen molar-refractivity contribution in [2.24, 2.45) is 0 Å². The molecule has 202 valence electrons. The minimum absolute atomic E-state index is 0.0963. The van der Waals surface area contributed by atoms with E-state index in [1.165, 1.54) is 6.07 Å². The van der Waals surface area contributed by atoms with Gasteiger partial charge in [0.05, 0.1) is 46.2 Å². The van der Waals surface area contributed by atoms with E-state index in [0.717, 1.165) is 30.2 Å². The first kappa shape index (κ1) is 26.6. The molecule has 2 atom stereocenters. The van der Waals surface area contributed by atoms with E-state index in [-0.39, 0.29) is 35.1 Å². The van der Waals surface area contributed by atoms with E-state index in [1.54, 1.807) is 31.5 Å². The van der Waals surface area contributed by atoms with Gasteiger partial charge in [-0.15, -0.1) is 0 Å². The maximum Gasteiger partial charge on any atom is 0.251 e. The third-order valence-corrected chi connectivity index (χ3v) is 7.76. The van der Waals surface area contributed by atoms with Crippen LogP contribution in [-0.4, -0.2) is 65.8 Å². The van der Waals surface area contributed by atoms with Crippen LogP contribution in [0.25, 0.3) is 22.3 Å². The number of carbonyl (C=O) groups is 1. The molecule has 0 unspecified atom stereocenters. The fourth-order valence-corrected chi connectivity index (χ4v) is 5.69. The molecule has 4 aromatic rings. The third-order valence-electron chi connectivity index (χ3n) is 6.52. The quantitative estimate of drug-likeness (QED) is 0.387. The van der Waals surface area contributed by atoms with Gasteiger partial charge in [-0.3, -0.25) is 9.78 Å². The van der Waals surface area contributed by atoms with Gasteiger partial charge in [0.25, 0.3) is 5.91 Å². The van der Waals surface area contributed by atoms with Gasteiger partial charge in [0.15, 0.2) is 9.84 Å². The minimum atomic E-state index is -3.44. The zero-order valence-electron chi connectivity index (χ0n) is 22.2. The van der Waals surface area contributed by atoms with Crippen molar-refractivity contribution in [3.63, 3.8) is 0 Å². The van der Waals surface area contributed by atoms with Gasteiger partial charge in [0, 0.05) is 42.7 Å². The number of rotatable bonds is 6. The number of aromatic nitrogens is 4. The normalized spacial score (nSPS) is 17.8. The number of nitrogens with zero attached hydrogens (tertiary/aromatic N) is 5. The zero-order chi connectivity index (χ0) is 27.7. The minimum Gasteiger partial charge on any atom is -0.372 e. The zero-order valence-corrected chi connectivity index (χ0v) is 23.1. The lowest BCUT2D eigenvalue weighted by atomic mass is 10.1. The van der Waals surface area contributed by atoms with Crippen LogP contribution >= 0.6 is 0 Å². The van der Waals surface area contributed by atoms with Crippen LogP contribution in [0.2, 0.25) is 0 Å². The van der Waals surface area contributed by atoms with Gasteiger partial charge >= 0.3 is 0 Å². The van der Waals surface area contributed by atoms with Crippen molar-refractivity contribution in [3.05, 3.63) is 71.7 Å². The SMILES string of the molecule is Cc1ccc(C(=O)NCc2cc3nc(-c4ccnc(N5C[C@@H](C)O[C@@H](C)C5)n4)ccc3cn2)cc1S(C)(=O)=O. The Morgan fingerprint density at radius 3 is 2.51 bits per heavy atom. The van der Waals surface area contributed by atoms with E-state index in [1.807, 2.05) is 38.1 Å². The van der Waals surface area contributed by atoms with Crippen molar-refractivity contribution in [2.75, 3.05) is 24.2 Å². The van der Waals surface area contributed by atoms with Crippen LogP contribution in [0.4, 0.5) is 5.95 Å². The summed E-state index contributed by atoms with van der Waals surface area (Å²) in [5.41, 5.74) is 3.62. The number of anilines is 1. The molecule has 4 heterocycles. The first-order valence-electron chi connectivity index (χ1n) is 12.7. The maximum atomic E-state index is 12.7. The van der Waals surface area contributed by atoms with Gasteiger partial charge in [-0.25, -0.2) is 23.4 Å². The molecule has 1 amide bonds. The average molecular weight is 547 g/mol. The van der Waals surface area contributed by atoms with E-state index >= 15 is 0 Å². The summed E-state index contributed by atoms with van der Waals surface area (Å²) in [6.45, 7) is 7.38. The summed E-state index contributed by atoms with van der Waals surface area (Å²) in [4.78, 5) is 33.5. The fourth-order valence-electron chi connectivity index (χ4n) is 4.70. The average Bonchev–Trinajstić information content (AvgIpc) is 2.90. The largest absolute Gasteiger partial charge is 0.372 e. The first-order chi connectivity index (χ1) is 18.6. The number of hydrogen-bond acceptors (Lipinski definition) is 9. The van der Waals surface area contributed by atoms with E-state index < -0.39 is 9.84 Å². The molecule has 0 bridgehead atoms. The Morgan fingerprint density at radius 2 is 1.77 bits per heavy atom. The van der Waals surface area contributed by atoms with Gasteiger partial charge in [0.2, 0.25) is 5.95 Å². The summed E-state index contributed by atoms with van der Waals surface area (Å²) in [6, 6.07) is 12.1. The van der Waals surface area contributed by atoms with Gasteiger partial charge in [0.1, 0.15) is 0 Å². The molecular weight excluding hydrogens is 516 g/mol. The van der Waals surface area contributed by atoms with Crippen LogP contribution in [0.5, 0.6) is 0 Å². The second-order valence-corrected chi connectivity index (χ2v) is 11.9. The molecule has 1 aliphatic heterocycles. The van der Waals surface area contributed by atoms with E-state index in [2.05, 4.69) is 20.2 Å². The Hall–Kier alpha value is -3.96. The molecule has 0 saturated carbocycles. The predicted octanol–water partition coefficient (Wildman–Crippen LogP) is 3.34. The van der Waals surface area contributed by atoms with Crippen molar-refractivity contribution < 1.29 is 17.9 Å². The lowest BCUT2D eigenvalue weighted by Gasteiger charge is -2.35. The number of ether oxygens (including phenoxy) is 1. The summed E-state index contributed by atoms with van der Waals surface area (Å²) >= 11 is 0. The van der Waals surface area contributed by atoms with Gasteiger partial charge in [-0.05, 0) is 62.7 Å². The van der Waals surface area contributed by atoms with Crippen molar-refractivity contribution in [1.82, 2.24) is 25.3 Å². The Bertz CT molecular complexity index is 1650. The molecule has 0 aliphatic carbocycles. The lowest BCUT2D eigenvalue weighted by molar-refractivity contribution is -0.00571. The number of pyridine rings is 2. The van der Waals surface area contributed by atoms with Crippen LogP contribution in [0.3, 0.4) is 0 Å². The highest BCUT2D eigenvalue weighted by Crippen LogP contribution is 2.23. The molecule has 11 heteroatoms. The van der Waals surface area contributed by atoms with Gasteiger partial charge in [-0.2, -0.15) is 0 Å². The van der Waals surface area contributed by atoms with Crippen LogP contribution in [0, 0.1) is 6.92 Å². The molecule has 1 saturated heterocycles. The van der Waals surface area contributed by atoms with Crippen LogP contribution in [0.15, 0.2) is 59.8 Å². The molecule has 10 nitrogen and oxygen atoms in total. The standard InChI is InChI=1S/C28H30N6O4S/c1-17-5-6-20(11-26(17)39(4,36)37)27(35)31-14-22-12-25-21(13-30-22)7-8-23(32-25)24-9-10-29-28(33-24)34-15-18(2)38-19(3)16-34/h5-13,18-19H,14-16H2,1-4H3,(H,31,35)/t18-,19+. The molecule has 3 aromatic heterocycles. The number of amides is 1. The molecule has 1 fully saturated rings. The number of carbonyl (C=O) groups excluding carboxylic acids is 1. The second-order valence-electron chi connectivity index (χ2n) is 9.90. The topological polar surface area (TPSA) is 127 Å². The number of sulfone groups is 1. The molecule has 1 aliphatic rings. The van der Waals surface area contributed by atoms with E-state index in [9.17, 15) is 13.2 Å². The van der Waals surface area contributed by atoms with Gasteiger partial charge in [-0.1, -0.05) is 6.07 Å². The third kappa shape index (κ3) is 6.04. The molecule has 1 aromatic carbocycles. The smallest absolute Gasteiger partial charge is 0.251 e. The highest BCUT2D eigenvalue weighted by Gasteiger charge is 2.24. The van der Waals surface area contributed by atoms with Crippen LogP contribution < -0.4 is 10.2 Å². The predicted molar refractivity (Wildman–Crippen MR) is 148 cm³/mol. The number of benzene rings is 1. The highest BCUT2D eigenvalue weighted by molar-refractivity contribution is 7.90. The Morgan fingerprint density at radius 1 is 1.03 bits per heavy atom. The Labute approximate surface area is 227 Å². The van der Waals surface area contributed by atoms with Crippen molar-refractivity contribution in [3.8, 4) is 11.4 Å². The lowest BCUT2D eigenvalue weighted by Crippen LogP contribution is -2.46. The fraction of sp³-hybridized carbons (Fsp3) is 0.321. The van der Waals surface area contributed by atoms with Crippen molar-refractivity contribution in [2.45, 2.75) is 44.4 Å². The summed E-state index contributed by atoms with van der Waals surface area (Å²) in [7, 11) is -3.44. The number of aryl methyl sites for hydroxylation is 1. The van der Waals surface area contributed by atoms with E-state index in [0.29, 0.717) is 28.6 Å². The Balaban J connectivity index is 1.34. The number of morpholine rings is 1. The summed E-state index contributed by atoms with van der Waals surface area (Å²) in [5.74, 6) is 0.258. The Kier molecular flexibility index (Phi) is 7.28. The number of fused-ring (bicyclic) bond motifs is 1. The van der Waals surface area contributed by atoms with Crippen molar-refractivity contribution in [1.29, 1.82) is 0 Å². The molecule has 39 heavy (non-hydrogen) atoms. The molecule has 0 spiro atoms. The molecule has 0 radical (unpaired) electrons. The number of nitrogens with one attached hydrogen (secondary N) is 1. The highest BCUT2D eigenvalue weighted by atomic mass is 32.2. The molecule has 5 rings (SSSR count). The first-order valence-corrected chi connectivity index (χ1v) is 14.5. The summed E-state index contributed by atoms with van der Waals surface area (Å²) in [6.07, 6.45) is 4.77. The summed E-state index contributed by atoms with van der Waals surface area (Å²) in [5, 5.41) is 3.67. The van der Waals surface area contributed by atoms with Crippen LogP contribution in [-0.2, 0) is 21.1 Å². The van der Waals surface area contributed by atoms with Crippen molar-refractivity contribution >= 4 is 32.6 Å². The second kappa shape index (κ2) is 10.7. The summed E-state index contributed by atoms with van der Waals surface area (Å²) < 4.78 is 29.9. The van der Waals surface area contributed by atoms with E-state index in [4.69, 9.17) is 14.7 Å². The van der Waals surface area contributed by atoms with Gasteiger partial charge < -0.3 is 15.0 Å². The molecule has 1 N–H and O–H groups in total. The monoisotopic (exact) mass is 546 g/mol. The van der Waals surface area contributed by atoms with Crippen LogP contribution in [0.1, 0.15) is 35.5 Å². The molecular formula is C28H30N6O4S.